The lowest BCUT2D eigenvalue weighted by molar-refractivity contribution is -0.139. The Labute approximate surface area is 216 Å². The Bertz CT molecular complexity index is 1050. The number of aliphatic carboxylic acids is 1. The van der Waals surface area contributed by atoms with Gasteiger partial charge in [0.25, 0.3) is 0 Å². The van der Waals surface area contributed by atoms with Gasteiger partial charge in [-0.15, -0.1) is 0 Å². The molecule has 0 aliphatic carbocycles. The van der Waals surface area contributed by atoms with E-state index >= 15 is 0 Å². The Kier molecular flexibility index (Phi) is 9.11. The van der Waals surface area contributed by atoms with Crippen LogP contribution in [-0.2, 0) is 22.4 Å². The van der Waals surface area contributed by atoms with Crippen molar-refractivity contribution in [3.8, 4) is 0 Å². The van der Waals surface area contributed by atoms with Gasteiger partial charge in [-0.2, -0.15) is 0 Å². The molecule has 2 heterocycles. The number of nitrogens with one attached hydrogen (secondary N) is 1. The molecule has 0 bridgehead atoms. The van der Waals surface area contributed by atoms with Gasteiger partial charge in [0.15, 0.2) is 0 Å². The van der Waals surface area contributed by atoms with E-state index in [4.69, 9.17) is 16.3 Å². The van der Waals surface area contributed by atoms with Crippen molar-refractivity contribution in [1.82, 2.24) is 15.3 Å². The molecule has 2 atom stereocenters. The second-order valence-electron chi connectivity index (χ2n) is 10.4. The lowest BCUT2D eigenvalue weighted by atomic mass is 9.82. The van der Waals surface area contributed by atoms with Crippen LogP contribution in [0.15, 0.2) is 30.6 Å². The van der Waals surface area contributed by atoms with Crippen molar-refractivity contribution < 1.29 is 23.8 Å². The minimum atomic E-state index is -1.30. The SMILES string of the molecule is C[C@H](Cc1ccc(C[C@H](NC(=O)OC(C)(C)C)C(=O)O)c(F)c1)C1CCN(c2ncc(Cl)cn2)CC1. The van der Waals surface area contributed by atoms with Crippen LogP contribution in [0.25, 0.3) is 0 Å². The lowest BCUT2D eigenvalue weighted by Gasteiger charge is -2.35. The zero-order chi connectivity index (χ0) is 26.5. The third kappa shape index (κ3) is 8.05. The number of carbonyl (C=O) groups is 2. The Hall–Kier alpha value is -2.94. The Morgan fingerprint density at radius 1 is 1.22 bits per heavy atom. The summed E-state index contributed by atoms with van der Waals surface area (Å²) in [5, 5.41) is 12.3. The van der Waals surface area contributed by atoms with Gasteiger partial charge in [0.05, 0.1) is 17.4 Å². The number of hydrogen-bond acceptors (Lipinski definition) is 6. The first-order valence-electron chi connectivity index (χ1n) is 12.1. The van der Waals surface area contributed by atoms with Gasteiger partial charge in [0.1, 0.15) is 17.5 Å². The van der Waals surface area contributed by atoms with Gasteiger partial charge in [-0.25, -0.2) is 23.9 Å². The summed E-state index contributed by atoms with van der Waals surface area (Å²) in [6.45, 7) is 8.92. The average molecular weight is 521 g/mol. The van der Waals surface area contributed by atoms with E-state index in [2.05, 4.69) is 27.1 Å². The highest BCUT2D eigenvalue weighted by molar-refractivity contribution is 6.30. The van der Waals surface area contributed by atoms with Crippen molar-refractivity contribution >= 4 is 29.6 Å². The fraction of sp³-hybridized carbons (Fsp3) is 0.538. The number of carboxylic acid groups (broad SMARTS) is 1. The standard InChI is InChI=1S/C26H34ClFN4O4/c1-16(18-7-9-32(10-8-18)24-29-14-20(27)15-30-24)11-17-5-6-19(21(28)12-17)13-22(23(33)34)31-25(35)36-26(2,3)4/h5-6,12,14-16,18,22H,7-11,13H2,1-4H3,(H,31,35)(H,33,34)/t16-,22+/m1/s1. The van der Waals surface area contributed by atoms with Crippen LogP contribution < -0.4 is 10.2 Å². The minimum absolute atomic E-state index is 0.179. The number of hydrogen-bond donors (Lipinski definition) is 2. The van der Waals surface area contributed by atoms with Gasteiger partial charge >= 0.3 is 12.1 Å². The molecule has 1 aliphatic heterocycles. The normalized spacial score (nSPS) is 16.3. The molecule has 1 aromatic heterocycles. The molecule has 10 heteroatoms. The first kappa shape index (κ1) is 27.6. The first-order valence-corrected chi connectivity index (χ1v) is 12.5. The van der Waals surface area contributed by atoms with E-state index in [1.54, 1.807) is 39.2 Å². The van der Waals surface area contributed by atoms with Crippen molar-refractivity contribution in [2.75, 3.05) is 18.0 Å². The van der Waals surface area contributed by atoms with Gasteiger partial charge in [-0.05, 0) is 69.1 Å². The van der Waals surface area contributed by atoms with E-state index < -0.39 is 29.5 Å². The summed E-state index contributed by atoms with van der Waals surface area (Å²) >= 11 is 5.87. The number of amides is 1. The number of aromatic nitrogens is 2. The molecule has 1 amide bonds. The van der Waals surface area contributed by atoms with Crippen LogP contribution in [0.5, 0.6) is 0 Å². The third-order valence-electron chi connectivity index (χ3n) is 6.32. The summed E-state index contributed by atoms with van der Waals surface area (Å²) < 4.78 is 20.0. The molecule has 1 saturated heterocycles. The molecule has 0 radical (unpaired) electrons. The predicted molar refractivity (Wildman–Crippen MR) is 136 cm³/mol. The zero-order valence-corrected chi connectivity index (χ0v) is 21.9. The number of piperidine rings is 1. The van der Waals surface area contributed by atoms with Crippen LogP contribution in [0.4, 0.5) is 15.1 Å². The maximum Gasteiger partial charge on any atom is 0.408 e. The highest BCUT2D eigenvalue weighted by Gasteiger charge is 2.27. The maximum absolute atomic E-state index is 14.9. The van der Waals surface area contributed by atoms with E-state index in [0.717, 1.165) is 37.9 Å². The van der Waals surface area contributed by atoms with E-state index in [9.17, 15) is 19.1 Å². The molecule has 2 N–H and O–H groups in total. The first-order chi connectivity index (χ1) is 16.9. The van der Waals surface area contributed by atoms with Crippen LogP contribution in [0, 0.1) is 17.7 Å². The molecule has 0 unspecified atom stereocenters. The third-order valence-corrected chi connectivity index (χ3v) is 6.52. The number of ether oxygens (including phenoxy) is 1. The molecule has 0 spiro atoms. The fourth-order valence-corrected chi connectivity index (χ4v) is 4.53. The summed E-state index contributed by atoms with van der Waals surface area (Å²) in [5.41, 5.74) is 0.321. The minimum Gasteiger partial charge on any atom is -0.480 e. The average Bonchev–Trinajstić information content (AvgIpc) is 2.79. The molecule has 1 fully saturated rings. The van der Waals surface area contributed by atoms with Crippen molar-refractivity contribution in [3.05, 3.63) is 52.6 Å². The van der Waals surface area contributed by atoms with Gasteiger partial charge in [0, 0.05) is 19.5 Å². The van der Waals surface area contributed by atoms with Crippen LogP contribution in [0.1, 0.15) is 51.7 Å². The molecule has 1 aromatic carbocycles. The monoisotopic (exact) mass is 520 g/mol. The molecule has 196 valence electrons. The molecule has 1 aliphatic rings. The topological polar surface area (TPSA) is 105 Å². The number of halogens is 2. The Morgan fingerprint density at radius 2 is 1.86 bits per heavy atom. The van der Waals surface area contributed by atoms with Crippen molar-refractivity contribution in [1.29, 1.82) is 0 Å². The highest BCUT2D eigenvalue weighted by atomic mass is 35.5. The number of anilines is 1. The van der Waals surface area contributed by atoms with Crippen molar-refractivity contribution in [2.45, 2.75) is 65.0 Å². The Morgan fingerprint density at radius 3 is 2.42 bits per heavy atom. The summed E-state index contributed by atoms with van der Waals surface area (Å²) in [6, 6.07) is 3.60. The molecule has 8 nitrogen and oxygen atoms in total. The second-order valence-corrected chi connectivity index (χ2v) is 10.8. The number of carboxylic acids is 1. The second kappa shape index (κ2) is 11.9. The fourth-order valence-electron chi connectivity index (χ4n) is 4.43. The van der Waals surface area contributed by atoms with Gasteiger partial charge in [0.2, 0.25) is 5.95 Å². The van der Waals surface area contributed by atoms with E-state index in [1.165, 1.54) is 6.07 Å². The maximum atomic E-state index is 14.9. The smallest absolute Gasteiger partial charge is 0.408 e. The van der Waals surface area contributed by atoms with Crippen LogP contribution >= 0.6 is 11.6 Å². The molecule has 36 heavy (non-hydrogen) atoms. The summed E-state index contributed by atoms with van der Waals surface area (Å²) in [7, 11) is 0. The van der Waals surface area contributed by atoms with Gasteiger partial charge in [-0.1, -0.05) is 30.7 Å². The zero-order valence-electron chi connectivity index (χ0n) is 21.1. The summed E-state index contributed by atoms with van der Waals surface area (Å²) in [5.74, 6) is -0.209. The Balaban J connectivity index is 1.55. The largest absolute Gasteiger partial charge is 0.480 e. The summed E-state index contributed by atoms with van der Waals surface area (Å²) in [6.07, 6.45) is 4.87. The number of carbonyl (C=O) groups excluding carboxylic acids is 1. The number of benzene rings is 1. The van der Waals surface area contributed by atoms with E-state index in [-0.39, 0.29) is 12.0 Å². The van der Waals surface area contributed by atoms with Crippen LogP contribution in [0.3, 0.4) is 0 Å². The van der Waals surface area contributed by atoms with Crippen molar-refractivity contribution in [2.24, 2.45) is 11.8 Å². The number of nitrogens with zero attached hydrogens (tertiary/aromatic N) is 3. The molecular formula is C26H34ClFN4O4. The van der Waals surface area contributed by atoms with Gasteiger partial charge in [-0.3, -0.25) is 0 Å². The molecule has 0 saturated carbocycles. The van der Waals surface area contributed by atoms with Crippen LogP contribution in [0.2, 0.25) is 5.02 Å². The number of rotatable bonds is 8. The number of alkyl carbamates (subject to hydrolysis) is 1. The molecule has 2 aromatic rings. The van der Waals surface area contributed by atoms with E-state index in [0.29, 0.717) is 22.8 Å². The van der Waals surface area contributed by atoms with Crippen LogP contribution in [-0.4, -0.2) is 51.9 Å². The molecular weight excluding hydrogens is 487 g/mol. The highest BCUT2D eigenvalue weighted by Crippen LogP contribution is 2.29. The quantitative estimate of drug-likeness (QED) is 0.511. The summed E-state index contributed by atoms with van der Waals surface area (Å²) in [4.78, 5) is 34.3. The predicted octanol–water partition coefficient (Wildman–Crippen LogP) is 4.88. The molecule has 3 rings (SSSR count). The van der Waals surface area contributed by atoms with E-state index in [1.807, 2.05) is 6.07 Å². The lowest BCUT2D eigenvalue weighted by Crippen LogP contribution is -2.44. The van der Waals surface area contributed by atoms with Gasteiger partial charge < -0.3 is 20.1 Å². The van der Waals surface area contributed by atoms with Crippen molar-refractivity contribution in [3.63, 3.8) is 0 Å².